The molecule has 0 aromatic rings. The Labute approximate surface area is 173 Å². The molecule has 4 atom stereocenters. The van der Waals surface area contributed by atoms with Gasteiger partial charge in [0.1, 0.15) is 0 Å². The Bertz CT molecular complexity index is 986. The van der Waals surface area contributed by atoms with E-state index in [0.29, 0.717) is 0 Å². The molecule has 2 aliphatic heterocycles. The number of carbonyl (C=O) groups excluding carboxylic acids is 4. The second kappa shape index (κ2) is 7.09. The van der Waals surface area contributed by atoms with Gasteiger partial charge in [-0.25, -0.2) is 0 Å². The molecular formula is C12H8F6N2O10S2. The van der Waals surface area contributed by atoms with Crippen molar-refractivity contribution in [3.63, 3.8) is 0 Å². The van der Waals surface area contributed by atoms with Gasteiger partial charge in [0.05, 0.1) is 23.7 Å². The summed E-state index contributed by atoms with van der Waals surface area (Å²) in [6.07, 6.45) is -1.61. The molecule has 0 N–H and O–H groups in total. The predicted octanol–water partition coefficient (Wildman–Crippen LogP) is -0.455. The topological polar surface area (TPSA) is 161 Å². The van der Waals surface area contributed by atoms with Crippen molar-refractivity contribution in [3.8, 4) is 0 Å². The lowest BCUT2D eigenvalue weighted by atomic mass is 9.70. The fourth-order valence-corrected chi connectivity index (χ4v) is 4.40. The summed E-state index contributed by atoms with van der Waals surface area (Å²) < 4.78 is 126. The van der Waals surface area contributed by atoms with Gasteiger partial charge in [0, 0.05) is 0 Å². The molecule has 1 aliphatic carbocycles. The highest BCUT2D eigenvalue weighted by molar-refractivity contribution is 7.87. The number of hydrogen-bond donors (Lipinski definition) is 0. The SMILES string of the molecule is O=C1C2CC3C(=O)N(OS(=O)(=O)C(F)(F)F)C(=O)C3CC2C(=O)N1OS(=O)(=O)C(F)(F)F. The van der Waals surface area contributed by atoms with Crippen LogP contribution >= 0.6 is 0 Å². The molecule has 2 saturated heterocycles. The summed E-state index contributed by atoms with van der Waals surface area (Å²) in [5.74, 6) is -13.1. The van der Waals surface area contributed by atoms with Crippen LogP contribution in [-0.2, 0) is 48.0 Å². The van der Waals surface area contributed by atoms with Gasteiger partial charge < -0.3 is 0 Å². The van der Waals surface area contributed by atoms with E-state index in [1.807, 2.05) is 0 Å². The zero-order valence-electron chi connectivity index (χ0n) is 14.8. The highest BCUT2D eigenvalue weighted by Gasteiger charge is 2.63. The van der Waals surface area contributed by atoms with Gasteiger partial charge in [-0.05, 0) is 12.8 Å². The van der Waals surface area contributed by atoms with Crippen LogP contribution in [-0.4, -0.2) is 61.6 Å². The van der Waals surface area contributed by atoms with Crippen molar-refractivity contribution in [2.24, 2.45) is 23.7 Å². The molecular weight excluding hydrogens is 510 g/mol. The number of nitrogens with zero attached hydrogens (tertiary/aromatic N) is 2. The van der Waals surface area contributed by atoms with Gasteiger partial charge in [0.25, 0.3) is 23.6 Å². The minimum atomic E-state index is -6.42. The van der Waals surface area contributed by atoms with E-state index in [9.17, 15) is 62.4 Å². The fraction of sp³-hybridized carbons (Fsp3) is 0.667. The van der Waals surface area contributed by atoms with Gasteiger partial charge in [-0.2, -0.15) is 43.2 Å². The van der Waals surface area contributed by atoms with Crippen LogP contribution in [0, 0.1) is 23.7 Å². The van der Waals surface area contributed by atoms with Crippen molar-refractivity contribution < 1.29 is 70.9 Å². The molecule has 3 rings (SSSR count). The lowest BCUT2D eigenvalue weighted by molar-refractivity contribution is -0.169. The van der Waals surface area contributed by atoms with E-state index in [4.69, 9.17) is 0 Å². The Kier molecular flexibility index (Phi) is 5.39. The Hall–Kier alpha value is -2.32. The standard InChI is InChI=1S/C12H8F6N2O10S2/c13-11(14,15)31(25,26)29-19-7(21)3-1-4-6(2-5(3)9(19)23)10(24)20(8(4)22)30-32(27,28)12(16,17)18/h3-6H,1-2H2. The molecule has 12 nitrogen and oxygen atoms in total. The third-order valence-electron chi connectivity index (χ3n) is 4.97. The number of fused-ring (bicyclic) bond motifs is 2. The summed E-state index contributed by atoms with van der Waals surface area (Å²) in [7, 11) is -12.8. The van der Waals surface area contributed by atoms with Crippen molar-refractivity contribution in [3.05, 3.63) is 0 Å². The second-order valence-corrected chi connectivity index (χ2v) is 9.83. The molecule has 4 amide bonds. The highest BCUT2D eigenvalue weighted by Crippen LogP contribution is 2.48. The van der Waals surface area contributed by atoms with Crippen LogP contribution in [0.3, 0.4) is 0 Å². The van der Waals surface area contributed by atoms with Gasteiger partial charge in [0.15, 0.2) is 0 Å². The lowest BCUT2D eigenvalue weighted by Gasteiger charge is -2.27. The first-order chi connectivity index (χ1) is 14.3. The average Bonchev–Trinajstić information content (AvgIpc) is 2.99. The Balaban J connectivity index is 1.84. The summed E-state index contributed by atoms with van der Waals surface area (Å²) in [4.78, 5) is 48.9. The predicted molar refractivity (Wildman–Crippen MR) is 79.0 cm³/mol. The molecule has 32 heavy (non-hydrogen) atoms. The first-order valence-electron chi connectivity index (χ1n) is 8.07. The molecule has 2 heterocycles. The summed E-state index contributed by atoms with van der Waals surface area (Å²) >= 11 is 0. The smallest absolute Gasteiger partial charge is 0.272 e. The molecule has 180 valence electrons. The minimum absolute atomic E-state index is 0.670. The maximum absolute atomic E-state index is 12.5. The van der Waals surface area contributed by atoms with Crippen LogP contribution in [0.25, 0.3) is 0 Å². The van der Waals surface area contributed by atoms with Crippen molar-refractivity contribution in [2.45, 2.75) is 23.9 Å². The maximum atomic E-state index is 12.5. The number of hydroxylamine groups is 4. The zero-order valence-corrected chi connectivity index (χ0v) is 16.4. The molecule has 3 aliphatic rings. The zero-order chi connectivity index (χ0) is 24.6. The Morgan fingerprint density at radius 1 is 0.594 bits per heavy atom. The van der Waals surface area contributed by atoms with Crippen molar-refractivity contribution in [1.82, 2.24) is 10.1 Å². The highest BCUT2D eigenvalue weighted by atomic mass is 32.2. The number of carbonyl (C=O) groups is 4. The number of amides is 4. The van der Waals surface area contributed by atoms with E-state index in [1.165, 1.54) is 0 Å². The van der Waals surface area contributed by atoms with Crippen LogP contribution in [0.1, 0.15) is 12.8 Å². The molecule has 0 radical (unpaired) electrons. The molecule has 0 aromatic heterocycles. The molecule has 0 aromatic carbocycles. The third-order valence-corrected chi connectivity index (χ3v) is 6.79. The maximum Gasteiger partial charge on any atom is 0.525 e. The second-order valence-electron chi connectivity index (χ2n) is 6.79. The largest absolute Gasteiger partial charge is 0.525 e. The Morgan fingerprint density at radius 3 is 1.00 bits per heavy atom. The summed E-state index contributed by atoms with van der Waals surface area (Å²) in [5.41, 5.74) is -12.0. The van der Waals surface area contributed by atoms with Crippen LogP contribution in [0.2, 0.25) is 0 Å². The number of alkyl halides is 6. The van der Waals surface area contributed by atoms with Crippen LogP contribution in [0.4, 0.5) is 26.3 Å². The van der Waals surface area contributed by atoms with Crippen molar-refractivity contribution >= 4 is 43.9 Å². The molecule has 0 bridgehead atoms. The third kappa shape index (κ3) is 3.63. The molecule has 0 spiro atoms. The summed E-state index contributed by atoms with van der Waals surface area (Å²) in [6.45, 7) is 0. The number of rotatable bonds is 4. The van der Waals surface area contributed by atoms with Gasteiger partial charge in [-0.1, -0.05) is 0 Å². The van der Waals surface area contributed by atoms with E-state index in [-0.39, 0.29) is 0 Å². The fourth-order valence-electron chi connectivity index (χ4n) is 3.54. The van der Waals surface area contributed by atoms with Gasteiger partial charge in [-0.15, -0.1) is 18.7 Å². The summed E-state index contributed by atoms with van der Waals surface area (Å²) in [6, 6.07) is 0. The van der Waals surface area contributed by atoms with Crippen LogP contribution in [0.5, 0.6) is 0 Å². The average molecular weight is 518 g/mol. The van der Waals surface area contributed by atoms with E-state index in [1.54, 1.807) is 0 Å². The molecule has 4 unspecified atom stereocenters. The van der Waals surface area contributed by atoms with E-state index < -0.39 is 102 Å². The summed E-state index contributed by atoms with van der Waals surface area (Å²) in [5, 5.41) is -1.34. The van der Waals surface area contributed by atoms with E-state index in [2.05, 4.69) is 8.57 Å². The van der Waals surface area contributed by atoms with Gasteiger partial charge >= 0.3 is 31.3 Å². The normalized spacial score (nSPS) is 29.6. The van der Waals surface area contributed by atoms with Crippen LogP contribution in [0.15, 0.2) is 0 Å². The lowest BCUT2D eigenvalue weighted by Crippen LogP contribution is -2.39. The van der Waals surface area contributed by atoms with E-state index >= 15 is 0 Å². The first-order valence-corrected chi connectivity index (χ1v) is 10.9. The molecule has 1 saturated carbocycles. The molecule has 3 fully saturated rings. The minimum Gasteiger partial charge on any atom is -0.272 e. The van der Waals surface area contributed by atoms with Gasteiger partial charge in [0.2, 0.25) is 0 Å². The van der Waals surface area contributed by atoms with E-state index in [0.717, 1.165) is 0 Å². The first kappa shape index (κ1) is 24.3. The van der Waals surface area contributed by atoms with Gasteiger partial charge in [-0.3, -0.25) is 19.2 Å². The molecule has 20 heteroatoms. The van der Waals surface area contributed by atoms with Crippen molar-refractivity contribution in [2.75, 3.05) is 0 Å². The van der Waals surface area contributed by atoms with Crippen molar-refractivity contribution in [1.29, 1.82) is 0 Å². The number of halogens is 6. The number of imide groups is 2. The monoisotopic (exact) mass is 518 g/mol. The van der Waals surface area contributed by atoms with Crippen LogP contribution < -0.4 is 0 Å². The number of hydrogen-bond acceptors (Lipinski definition) is 10. The Morgan fingerprint density at radius 2 is 0.812 bits per heavy atom. The quantitative estimate of drug-likeness (QED) is 0.271.